The molecule has 4 nitrogen and oxygen atoms in total. The van der Waals surface area contributed by atoms with Gasteiger partial charge < -0.3 is 9.72 Å². The Hall–Kier alpha value is -2.38. The largest absolute Gasteiger partial charge is 0.377 e. The number of benzene rings is 1. The van der Waals surface area contributed by atoms with Gasteiger partial charge in [0, 0.05) is 17.9 Å². The number of rotatable bonds is 5. The number of ether oxygens (including phenoxy) is 1. The van der Waals surface area contributed by atoms with Crippen LogP contribution >= 0.6 is 0 Å². The molecule has 1 aromatic heterocycles. The van der Waals surface area contributed by atoms with E-state index in [0.29, 0.717) is 12.2 Å². The highest BCUT2D eigenvalue weighted by atomic mass is 16.5. The highest BCUT2D eigenvalue weighted by Crippen LogP contribution is 2.23. The molecule has 0 aliphatic rings. The molecule has 2 aromatic rings. The lowest BCUT2D eigenvalue weighted by Gasteiger charge is -2.08. The third-order valence-electron chi connectivity index (χ3n) is 3.13. The summed E-state index contributed by atoms with van der Waals surface area (Å²) in [4.78, 5) is 14.5. The molecule has 0 saturated heterocycles. The lowest BCUT2D eigenvalue weighted by atomic mass is 9.99. The quantitative estimate of drug-likeness (QED) is 0.857. The first kappa shape index (κ1) is 15.0. The van der Waals surface area contributed by atoms with Crippen LogP contribution in [-0.2, 0) is 11.3 Å². The second-order valence-electron chi connectivity index (χ2n) is 4.93. The molecular weight excluding hydrogens is 264 g/mol. The Balaban J connectivity index is 2.41. The summed E-state index contributed by atoms with van der Waals surface area (Å²) in [5.74, 6) is 0. The van der Waals surface area contributed by atoms with Crippen molar-refractivity contribution in [2.45, 2.75) is 26.9 Å². The second-order valence-corrected chi connectivity index (χ2v) is 4.93. The molecule has 0 aliphatic carbocycles. The van der Waals surface area contributed by atoms with E-state index in [4.69, 9.17) is 4.74 Å². The van der Waals surface area contributed by atoms with Gasteiger partial charge in [-0.3, -0.25) is 4.79 Å². The van der Waals surface area contributed by atoms with Crippen molar-refractivity contribution in [2.75, 3.05) is 6.61 Å². The SMILES string of the molecule is CCCOCc1cccc(-c2cc(C)[nH]c(=O)c2C#N)c1. The third kappa shape index (κ3) is 3.59. The fourth-order valence-electron chi connectivity index (χ4n) is 2.19. The molecule has 21 heavy (non-hydrogen) atoms. The lowest BCUT2D eigenvalue weighted by Crippen LogP contribution is -2.12. The third-order valence-corrected chi connectivity index (χ3v) is 3.13. The number of aromatic nitrogens is 1. The van der Waals surface area contributed by atoms with Crippen LogP contribution in [0, 0.1) is 18.3 Å². The van der Waals surface area contributed by atoms with Crippen LogP contribution in [0.25, 0.3) is 11.1 Å². The van der Waals surface area contributed by atoms with E-state index in [1.54, 1.807) is 6.92 Å². The van der Waals surface area contributed by atoms with E-state index < -0.39 is 0 Å². The van der Waals surface area contributed by atoms with E-state index in [9.17, 15) is 10.1 Å². The predicted molar refractivity (Wildman–Crippen MR) is 81.9 cm³/mol. The van der Waals surface area contributed by atoms with E-state index in [2.05, 4.69) is 11.9 Å². The number of nitriles is 1. The van der Waals surface area contributed by atoms with Crippen LogP contribution in [0.3, 0.4) is 0 Å². The predicted octanol–water partition coefficient (Wildman–Crippen LogP) is 3.15. The van der Waals surface area contributed by atoms with Crippen molar-refractivity contribution < 1.29 is 4.74 Å². The van der Waals surface area contributed by atoms with Crippen molar-refractivity contribution in [1.82, 2.24) is 4.98 Å². The van der Waals surface area contributed by atoms with Gasteiger partial charge in [0.1, 0.15) is 11.6 Å². The van der Waals surface area contributed by atoms with E-state index in [0.717, 1.165) is 29.8 Å². The minimum Gasteiger partial charge on any atom is -0.377 e. The molecule has 4 heteroatoms. The first-order chi connectivity index (χ1) is 10.2. The van der Waals surface area contributed by atoms with Crippen LogP contribution in [-0.4, -0.2) is 11.6 Å². The van der Waals surface area contributed by atoms with Gasteiger partial charge in [-0.2, -0.15) is 5.26 Å². The van der Waals surface area contributed by atoms with Crippen LogP contribution in [0.2, 0.25) is 0 Å². The molecule has 108 valence electrons. The number of pyridine rings is 1. The summed E-state index contributed by atoms with van der Waals surface area (Å²) < 4.78 is 5.53. The molecular formula is C17H18N2O2. The van der Waals surface area contributed by atoms with Gasteiger partial charge in [0.05, 0.1) is 6.61 Å². The normalized spacial score (nSPS) is 10.3. The number of nitrogens with zero attached hydrogens (tertiary/aromatic N) is 1. The maximum Gasteiger partial charge on any atom is 0.266 e. The molecule has 1 heterocycles. The van der Waals surface area contributed by atoms with Crippen LogP contribution in [0.5, 0.6) is 0 Å². The van der Waals surface area contributed by atoms with Gasteiger partial charge in [-0.25, -0.2) is 0 Å². The van der Waals surface area contributed by atoms with E-state index >= 15 is 0 Å². The second kappa shape index (κ2) is 6.87. The first-order valence-corrected chi connectivity index (χ1v) is 6.96. The summed E-state index contributed by atoms with van der Waals surface area (Å²) in [6.45, 7) is 5.12. The van der Waals surface area contributed by atoms with Gasteiger partial charge >= 0.3 is 0 Å². The number of H-pyrrole nitrogens is 1. The summed E-state index contributed by atoms with van der Waals surface area (Å²) in [7, 11) is 0. The molecule has 0 radical (unpaired) electrons. The average molecular weight is 282 g/mol. The fourth-order valence-corrected chi connectivity index (χ4v) is 2.19. The number of hydrogen-bond donors (Lipinski definition) is 1. The molecule has 0 saturated carbocycles. The van der Waals surface area contributed by atoms with Gasteiger partial charge in [-0.1, -0.05) is 25.1 Å². The molecule has 0 bridgehead atoms. The highest BCUT2D eigenvalue weighted by molar-refractivity contribution is 5.70. The maximum absolute atomic E-state index is 11.9. The number of nitrogens with one attached hydrogen (secondary N) is 1. The Labute approximate surface area is 124 Å². The van der Waals surface area contributed by atoms with Crippen LogP contribution < -0.4 is 5.56 Å². The monoisotopic (exact) mass is 282 g/mol. The van der Waals surface area contributed by atoms with Crippen molar-refractivity contribution in [3.63, 3.8) is 0 Å². The summed E-state index contributed by atoms with van der Waals surface area (Å²) in [6.07, 6.45) is 0.978. The van der Waals surface area contributed by atoms with E-state index in [-0.39, 0.29) is 11.1 Å². The zero-order chi connectivity index (χ0) is 15.2. The fraction of sp³-hybridized carbons (Fsp3) is 0.294. The van der Waals surface area contributed by atoms with E-state index in [1.165, 1.54) is 0 Å². The standard InChI is InChI=1S/C17H18N2O2/c1-3-7-21-11-13-5-4-6-14(9-13)15-8-12(2)19-17(20)16(15)10-18/h4-6,8-9H,3,7,11H2,1-2H3,(H,19,20). The summed E-state index contributed by atoms with van der Waals surface area (Å²) in [5, 5.41) is 9.20. The average Bonchev–Trinajstić information content (AvgIpc) is 2.47. The zero-order valence-electron chi connectivity index (χ0n) is 12.3. The van der Waals surface area contributed by atoms with Gasteiger partial charge in [0.25, 0.3) is 5.56 Å². The molecule has 0 spiro atoms. The topological polar surface area (TPSA) is 65.9 Å². The summed E-state index contributed by atoms with van der Waals surface area (Å²) in [5.41, 5.74) is 3.09. The Morgan fingerprint density at radius 1 is 1.33 bits per heavy atom. The van der Waals surface area contributed by atoms with Gasteiger partial charge in [-0.15, -0.1) is 0 Å². The Bertz CT molecular complexity index is 726. The van der Waals surface area contributed by atoms with Crippen molar-refractivity contribution >= 4 is 0 Å². The van der Waals surface area contributed by atoms with E-state index in [1.807, 2.05) is 36.4 Å². The number of hydrogen-bond acceptors (Lipinski definition) is 3. The Morgan fingerprint density at radius 2 is 2.14 bits per heavy atom. The molecule has 0 fully saturated rings. The highest BCUT2D eigenvalue weighted by Gasteiger charge is 2.10. The summed E-state index contributed by atoms with van der Waals surface area (Å²) >= 11 is 0. The van der Waals surface area contributed by atoms with Crippen LogP contribution in [0.1, 0.15) is 30.2 Å². The van der Waals surface area contributed by atoms with Gasteiger partial charge in [0.15, 0.2) is 0 Å². The van der Waals surface area contributed by atoms with Gasteiger partial charge in [0.2, 0.25) is 0 Å². The summed E-state index contributed by atoms with van der Waals surface area (Å²) in [6, 6.07) is 11.6. The first-order valence-electron chi connectivity index (χ1n) is 6.96. The molecule has 0 amide bonds. The molecule has 1 aromatic carbocycles. The maximum atomic E-state index is 11.9. The number of aryl methyl sites for hydroxylation is 1. The van der Waals surface area contributed by atoms with Crippen molar-refractivity contribution in [3.05, 3.63) is 57.5 Å². The van der Waals surface area contributed by atoms with Crippen molar-refractivity contribution in [3.8, 4) is 17.2 Å². The molecule has 0 atom stereocenters. The van der Waals surface area contributed by atoms with Crippen molar-refractivity contribution in [1.29, 1.82) is 5.26 Å². The minimum atomic E-state index is -0.347. The molecule has 1 N–H and O–H groups in total. The molecule has 0 unspecified atom stereocenters. The molecule has 2 rings (SSSR count). The zero-order valence-corrected chi connectivity index (χ0v) is 12.3. The minimum absolute atomic E-state index is 0.146. The Morgan fingerprint density at radius 3 is 2.86 bits per heavy atom. The lowest BCUT2D eigenvalue weighted by molar-refractivity contribution is 0.121. The van der Waals surface area contributed by atoms with Crippen molar-refractivity contribution in [2.24, 2.45) is 0 Å². The molecule has 0 aliphatic heterocycles. The smallest absolute Gasteiger partial charge is 0.266 e. The van der Waals surface area contributed by atoms with Crippen LogP contribution in [0.15, 0.2) is 35.1 Å². The Kier molecular flexibility index (Phi) is 4.91. The van der Waals surface area contributed by atoms with Crippen LogP contribution in [0.4, 0.5) is 0 Å². The number of aromatic amines is 1. The van der Waals surface area contributed by atoms with Gasteiger partial charge in [-0.05, 0) is 36.6 Å².